The second-order valence-electron chi connectivity index (χ2n) is 10.6. The van der Waals surface area contributed by atoms with Gasteiger partial charge in [-0.1, -0.05) is 48.5 Å². The van der Waals surface area contributed by atoms with E-state index in [1.165, 1.54) is 36.3 Å². The van der Waals surface area contributed by atoms with Crippen LogP contribution in [0, 0.1) is 20.2 Å². The Morgan fingerprint density at radius 2 is 1.06 bits per heavy atom. The van der Waals surface area contributed by atoms with Gasteiger partial charge in [0.25, 0.3) is 23.2 Å². The molecule has 0 bridgehead atoms. The number of nitrogens with zero attached hydrogens (tertiary/aromatic N) is 3. The van der Waals surface area contributed by atoms with Crippen LogP contribution in [0.5, 0.6) is 11.5 Å². The summed E-state index contributed by atoms with van der Waals surface area (Å²) in [6.45, 7) is 0.504. The maximum Gasteiger partial charge on any atom is 0.270 e. The number of nitro benzene ring substituents is 2. The Kier molecular flexibility index (Phi) is 9.86. The zero-order valence-electron chi connectivity index (χ0n) is 26.0. The Bertz CT molecular complexity index is 2010. The van der Waals surface area contributed by atoms with Crippen LogP contribution in [0.25, 0.3) is 22.3 Å². The third kappa shape index (κ3) is 6.88. The van der Waals surface area contributed by atoms with Gasteiger partial charge >= 0.3 is 0 Å². The highest BCUT2D eigenvalue weighted by molar-refractivity contribution is 6.21. The predicted molar refractivity (Wildman–Crippen MR) is 179 cm³/mol. The molecule has 2 amide bonds. The van der Waals surface area contributed by atoms with Gasteiger partial charge in [0.1, 0.15) is 11.5 Å². The zero-order chi connectivity index (χ0) is 34.4. The van der Waals surface area contributed by atoms with Gasteiger partial charge in [-0.2, -0.15) is 0 Å². The molecule has 0 spiro atoms. The van der Waals surface area contributed by atoms with Crippen LogP contribution in [0.15, 0.2) is 109 Å². The number of nitro groups is 2. The van der Waals surface area contributed by atoms with Crippen molar-refractivity contribution in [1.82, 2.24) is 4.90 Å². The van der Waals surface area contributed by atoms with Crippen molar-refractivity contribution >= 4 is 23.2 Å². The van der Waals surface area contributed by atoms with Crippen molar-refractivity contribution in [2.24, 2.45) is 5.73 Å². The Labute approximate surface area is 275 Å². The molecule has 0 unspecified atom stereocenters. The Balaban J connectivity index is 0.000000206. The van der Waals surface area contributed by atoms with Gasteiger partial charge in [-0.25, -0.2) is 0 Å². The lowest BCUT2D eigenvalue weighted by molar-refractivity contribution is -0.385. The van der Waals surface area contributed by atoms with Crippen LogP contribution in [0.2, 0.25) is 0 Å². The van der Waals surface area contributed by atoms with Gasteiger partial charge in [0.15, 0.2) is 0 Å². The third-order valence-corrected chi connectivity index (χ3v) is 7.72. The Morgan fingerprint density at radius 1 is 0.604 bits per heavy atom. The third-order valence-electron chi connectivity index (χ3n) is 7.72. The molecular weight excluding hydrogens is 616 g/mol. The van der Waals surface area contributed by atoms with Crippen molar-refractivity contribution in [3.05, 3.63) is 152 Å². The number of carbonyl (C=O) groups excluding carboxylic acids is 2. The quantitative estimate of drug-likeness (QED) is 0.103. The summed E-state index contributed by atoms with van der Waals surface area (Å²) in [4.78, 5) is 47.5. The number of carbonyl (C=O) groups is 2. The lowest BCUT2D eigenvalue weighted by Crippen LogP contribution is -2.29. The van der Waals surface area contributed by atoms with Gasteiger partial charge in [-0.3, -0.25) is 34.7 Å². The maximum absolute atomic E-state index is 12.6. The Morgan fingerprint density at radius 3 is 1.50 bits per heavy atom. The first-order valence-corrected chi connectivity index (χ1v) is 14.6. The molecule has 0 atom stereocenters. The highest BCUT2D eigenvalue weighted by Gasteiger charge is 2.35. The number of methoxy groups -OCH3 is 2. The van der Waals surface area contributed by atoms with E-state index in [0.29, 0.717) is 45.9 Å². The topological polar surface area (TPSA) is 168 Å². The number of fused-ring (bicyclic) bond motifs is 1. The number of nitrogens with two attached hydrogens (primary N) is 1. The van der Waals surface area contributed by atoms with Crippen molar-refractivity contribution in [3.8, 4) is 33.8 Å². The molecule has 12 heteroatoms. The summed E-state index contributed by atoms with van der Waals surface area (Å²) in [5, 5.41) is 21.9. The van der Waals surface area contributed by atoms with Gasteiger partial charge in [0.05, 0.1) is 41.7 Å². The molecule has 1 aliphatic rings. The summed E-state index contributed by atoms with van der Waals surface area (Å²) >= 11 is 0. The minimum Gasteiger partial charge on any atom is -0.496 e. The molecule has 5 aromatic rings. The van der Waals surface area contributed by atoms with E-state index in [4.69, 9.17) is 15.2 Å². The standard InChI is InChI=1S/C22H16N2O5.C14H14N2O3/c1-29-20-10-9-14(11-19(20)15-5-4-6-16(12-15)24(27)28)13-23-21(25)17-7-2-3-8-18(17)22(23)26;1-19-14-6-5-10(9-15)7-13(14)11-3-2-4-12(8-11)16(17)18/h2-12H,13H2,1H3;2-8H,9,15H2,1H3. The average Bonchev–Trinajstić information content (AvgIpc) is 3.36. The minimum absolute atomic E-state index is 0.0321. The number of ether oxygens (including phenoxy) is 2. The predicted octanol–water partition coefficient (Wildman–Crippen LogP) is 6.80. The SMILES string of the molecule is COc1ccc(CN)cc1-c1cccc([N+](=O)[O-])c1.COc1ccc(CN2C(=O)c3ccccc3C2=O)cc1-c1cccc([N+](=O)[O-])c1. The fraction of sp³-hybridized carbons (Fsp3) is 0.111. The number of hydrogen-bond donors (Lipinski definition) is 1. The van der Waals surface area contributed by atoms with Crippen LogP contribution < -0.4 is 15.2 Å². The highest BCUT2D eigenvalue weighted by atomic mass is 16.6. The summed E-state index contributed by atoms with van der Waals surface area (Å²) in [6, 6.07) is 30.2. The summed E-state index contributed by atoms with van der Waals surface area (Å²) in [5.41, 5.74) is 10.9. The summed E-state index contributed by atoms with van der Waals surface area (Å²) in [5.74, 6) is 0.533. The van der Waals surface area contributed by atoms with E-state index in [0.717, 1.165) is 16.7 Å². The van der Waals surface area contributed by atoms with Crippen LogP contribution in [-0.2, 0) is 13.1 Å². The summed E-state index contributed by atoms with van der Waals surface area (Å²) < 4.78 is 10.7. The first-order chi connectivity index (χ1) is 23.1. The van der Waals surface area contributed by atoms with Crippen LogP contribution in [0.1, 0.15) is 31.8 Å². The molecule has 0 radical (unpaired) electrons. The first-order valence-electron chi connectivity index (χ1n) is 14.6. The monoisotopic (exact) mass is 646 g/mol. The molecule has 2 N–H and O–H groups in total. The number of rotatable bonds is 9. The Hall–Kier alpha value is -6.40. The number of benzene rings is 5. The number of imide groups is 1. The van der Waals surface area contributed by atoms with Crippen molar-refractivity contribution in [1.29, 1.82) is 0 Å². The molecule has 48 heavy (non-hydrogen) atoms. The molecular formula is C36H30N4O8. The van der Waals surface area contributed by atoms with E-state index in [2.05, 4.69) is 0 Å². The highest BCUT2D eigenvalue weighted by Crippen LogP contribution is 2.35. The van der Waals surface area contributed by atoms with E-state index in [9.17, 15) is 29.8 Å². The zero-order valence-corrected chi connectivity index (χ0v) is 26.0. The second-order valence-corrected chi connectivity index (χ2v) is 10.6. The fourth-order valence-electron chi connectivity index (χ4n) is 5.33. The van der Waals surface area contributed by atoms with Gasteiger partial charge in [-0.05, 0) is 58.7 Å². The average molecular weight is 647 g/mol. The van der Waals surface area contributed by atoms with Gasteiger partial charge < -0.3 is 15.2 Å². The van der Waals surface area contributed by atoms with E-state index < -0.39 is 9.85 Å². The normalized spacial score (nSPS) is 11.8. The summed E-state index contributed by atoms with van der Waals surface area (Å²) in [7, 11) is 3.08. The smallest absolute Gasteiger partial charge is 0.270 e. The molecule has 0 saturated heterocycles. The minimum atomic E-state index is -0.460. The lowest BCUT2D eigenvalue weighted by Gasteiger charge is -2.16. The molecule has 1 aliphatic heterocycles. The van der Waals surface area contributed by atoms with Crippen molar-refractivity contribution in [2.75, 3.05) is 14.2 Å². The van der Waals surface area contributed by atoms with E-state index in [1.54, 1.807) is 67.8 Å². The molecule has 0 fully saturated rings. The van der Waals surface area contributed by atoms with E-state index in [-0.39, 0.29) is 29.7 Å². The maximum atomic E-state index is 12.6. The molecule has 242 valence electrons. The number of amides is 2. The van der Waals surface area contributed by atoms with Crippen LogP contribution in [0.3, 0.4) is 0 Å². The van der Waals surface area contributed by atoms with Crippen LogP contribution in [-0.4, -0.2) is 40.8 Å². The largest absolute Gasteiger partial charge is 0.496 e. The molecule has 0 aliphatic carbocycles. The van der Waals surface area contributed by atoms with Gasteiger partial charge in [0, 0.05) is 41.9 Å². The van der Waals surface area contributed by atoms with E-state index in [1.807, 2.05) is 24.3 Å². The molecule has 0 saturated carbocycles. The van der Waals surface area contributed by atoms with Crippen LogP contribution in [0.4, 0.5) is 11.4 Å². The van der Waals surface area contributed by atoms with Crippen molar-refractivity contribution in [2.45, 2.75) is 13.1 Å². The molecule has 1 heterocycles. The van der Waals surface area contributed by atoms with E-state index >= 15 is 0 Å². The number of non-ortho nitro benzene ring substituents is 2. The fourth-order valence-corrected chi connectivity index (χ4v) is 5.33. The molecule has 6 rings (SSSR count). The summed E-state index contributed by atoms with van der Waals surface area (Å²) in [6.07, 6.45) is 0. The van der Waals surface area contributed by atoms with Crippen molar-refractivity contribution < 1.29 is 28.9 Å². The molecule has 0 aromatic heterocycles. The van der Waals surface area contributed by atoms with Gasteiger partial charge in [0.2, 0.25) is 0 Å². The first kappa shape index (κ1) is 33.0. The number of hydrogen-bond acceptors (Lipinski definition) is 9. The van der Waals surface area contributed by atoms with Crippen LogP contribution >= 0.6 is 0 Å². The lowest BCUT2D eigenvalue weighted by atomic mass is 10.0. The second kappa shape index (κ2) is 14.4. The molecule has 12 nitrogen and oxygen atoms in total. The van der Waals surface area contributed by atoms with Gasteiger partial charge in [-0.15, -0.1) is 0 Å². The van der Waals surface area contributed by atoms with Crippen molar-refractivity contribution in [3.63, 3.8) is 0 Å². The molecule has 5 aromatic carbocycles.